The van der Waals surface area contributed by atoms with Crippen LogP contribution in [-0.2, 0) is 9.53 Å². The molecule has 4 saturated carbocycles. The van der Waals surface area contributed by atoms with Crippen molar-refractivity contribution in [2.75, 3.05) is 0 Å². The Morgan fingerprint density at radius 1 is 0.833 bits per heavy atom. The first-order valence-corrected chi connectivity index (χ1v) is 14.5. The van der Waals surface area contributed by atoms with Gasteiger partial charge < -0.3 is 25.2 Å². The number of carbonyl (C=O) groups excluding carboxylic acids is 1. The lowest BCUT2D eigenvalue weighted by atomic mass is 9.48. The molecule has 1 heterocycles. The van der Waals surface area contributed by atoms with Crippen molar-refractivity contribution in [3.05, 3.63) is 0 Å². The molecule has 4 aliphatic carbocycles. The molecule has 1 aliphatic heterocycles. The molecule has 5 rings (SSSR count). The molecule has 6 heteroatoms. The number of ether oxygens (including phenoxy) is 1. The second-order valence-electron chi connectivity index (χ2n) is 15.1. The zero-order valence-electron chi connectivity index (χ0n) is 23.5. The van der Waals surface area contributed by atoms with Crippen LogP contribution in [0.1, 0.15) is 106 Å². The summed E-state index contributed by atoms with van der Waals surface area (Å²) in [6, 6.07) is 0. The van der Waals surface area contributed by atoms with Gasteiger partial charge in [-0.15, -0.1) is 0 Å². The van der Waals surface area contributed by atoms with E-state index in [1.54, 1.807) is 13.8 Å². The van der Waals surface area contributed by atoms with Crippen molar-refractivity contribution in [3.63, 3.8) is 0 Å². The predicted octanol–water partition coefficient (Wildman–Crippen LogP) is 4.01. The summed E-state index contributed by atoms with van der Waals surface area (Å²) in [5.41, 5.74) is -3.69. The lowest BCUT2D eigenvalue weighted by Crippen LogP contribution is -2.61. The van der Waals surface area contributed by atoms with Gasteiger partial charge >= 0.3 is 0 Å². The lowest BCUT2D eigenvalue weighted by Gasteiger charge is -2.59. The van der Waals surface area contributed by atoms with E-state index in [4.69, 9.17) is 4.74 Å². The van der Waals surface area contributed by atoms with E-state index < -0.39 is 40.2 Å². The second-order valence-corrected chi connectivity index (χ2v) is 15.1. The van der Waals surface area contributed by atoms with Crippen LogP contribution in [0.3, 0.4) is 0 Å². The summed E-state index contributed by atoms with van der Waals surface area (Å²) < 4.78 is 6.38. The standard InChI is InChI=1S/C30H50O6/c1-17(2)30(35)15-14-26(5)16-29(34,13-10-18(26)30)20-9-8-19-27(20,6)12-11-21-28(19,7)24(33)22(31)23(32)25(3,4)36-21/h17-22,24,31,33-35H,8-16H2,1-7H3. The van der Waals surface area contributed by atoms with Gasteiger partial charge in [-0.25, -0.2) is 0 Å². The number of rotatable bonds is 2. The van der Waals surface area contributed by atoms with Crippen molar-refractivity contribution in [2.45, 2.75) is 141 Å². The Kier molecular flexibility index (Phi) is 6.01. The normalized spacial score (nSPS) is 56.7. The Hall–Kier alpha value is -0.530. The number of aliphatic hydroxyl groups excluding tert-OH is 2. The molecule has 11 atom stereocenters. The molecule has 6 nitrogen and oxygen atoms in total. The molecule has 5 fully saturated rings. The Morgan fingerprint density at radius 2 is 1.47 bits per heavy atom. The summed E-state index contributed by atoms with van der Waals surface area (Å²) in [6.07, 6.45) is 4.28. The molecule has 4 N–H and O–H groups in total. The summed E-state index contributed by atoms with van der Waals surface area (Å²) >= 11 is 0. The largest absolute Gasteiger partial charge is 0.390 e. The van der Waals surface area contributed by atoms with Gasteiger partial charge in [-0.2, -0.15) is 0 Å². The number of aliphatic hydroxyl groups is 4. The summed E-state index contributed by atoms with van der Waals surface area (Å²) in [6.45, 7) is 14.2. The molecule has 206 valence electrons. The van der Waals surface area contributed by atoms with Crippen LogP contribution in [0.2, 0.25) is 0 Å². The Bertz CT molecular complexity index is 917. The second kappa shape index (κ2) is 8.00. The highest BCUT2D eigenvalue weighted by molar-refractivity contribution is 5.91. The van der Waals surface area contributed by atoms with Crippen LogP contribution in [0.25, 0.3) is 0 Å². The van der Waals surface area contributed by atoms with E-state index in [0.717, 1.165) is 38.5 Å². The van der Waals surface area contributed by atoms with E-state index in [2.05, 4.69) is 27.7 Å². The molecule has 0 aromatic carbocycles. The topological polar surface area (TPSA) is 107 Å². The Balaban J connectivity index is 1.46. The molecular formula is C30H50O6. The first-order valence-electron chi connectivity index (χ1n) is 14.5. The first kappa shape index (κ1) is 27.1. The maximum absolute atomic E-state index is 12.9. The van der Waals surface area contributed by atoms with Crippen LogP contribution in [-0.4, -0.2) is 61.3 Å². The van der Waals surface area contributed by atoms with Gasteiger partial charge in [0.05, 0.1) is 23.4 Å². The molecular weight excluding hydrogens is 456 g/mol. The average molecular weight is 507 g/mol. The predicted molar refractivity (Wildman–Crippen MR) is 137 cm³/mol. The van der Waals surface area contributed by atoms with Gasteiger partial charge in [-0.3, -0.25) is 4.79 Å². The van der Waals surface area contributed by atoms with Crippen LogP contribution in [0, 0.1) is 39.9 Å². The fraction of sp³-hybridized carbons (Fsp3) is 0.967. The first-order chi connectivity index (χ1) is 16.5. The Morgan fingerprint density at radius 3 is 2.11 bits per heavy atom. The van der Waals surface area contributed by atoms with Crippen molar-refractivity contribution < 1.29 is 30.0 Å². The van der Waals surface area contributed by atoms with Crippen LogP contribution in [0.4, 0.5) is 0 Å². The smallest absolute Gasteiger partial charge is 0.195 e. The highest BCUT2D eigenvalue weighted by Crippen LogP contribution is 2.70. The number of carbonyl (C=O) groups is 1. The van der Waals surface area contributed by atoms with Gasteiger partial charge in [-0.1, -0.05) is 34.6 Å². The van der Waals surface area contributed by atoms with Gasteiger partial charge in [0, 0.05) is 5.41 Å². The minimum atomic E-state index is -1.47. The third-order valence-corrected chi connectivity index (χ3v) is 12.7. The van der Waals surface area contributed by atoms with Crippen LogP contribution in [0.5, 0.6) is 0 Å². The fourth-order valence-electron chi connectivity index (χ4n) is 10.7. The number of ketones is 1. The number of hydrogen-bond donors (Lipinski definition) is 4. The van der Waals surface area contributed by atoms with Crippen molar-refractivity contribution >= 4 is 5.78 Å². The van der Waals surface area contributed by atoms with Gasteiger partial charge in [0.1, 0.15) is 11.7 Å². The van der Waals surface area contributed by atoms with E-state index in [1.807, 2.05) is 6.92 Å². The molecule has 0 aromatic rings. The lowest BCUT2D eigenvalue weighted by molar-refractivity contribution is -0.217. The van der Waals surface area contributed by atoms with E-state index in [9.17, 15) is 25.2 Å². The van der Waals surface area contributed by atoms with Gasteiger partial charge in [0.15, 0.2) is 5.78 Å². The number of fused-ring (bicyclic) bond motifs is 4. The maximum Gasteiger partial charge on any atom is 0.195 e. The third-order valence-electron chi connectivity index (χ3n) is 12.7. The van der Waals surface area contributed by atoms with Gasteiger partial charge in [-0.05, 0) is 106 Å². The van der Waals surface area contributed by atoms with E-state index in [0.29, 0.717) is 19.3 Å². The van der Waals surface area contributed by atoms with E-state index >= 15 is 0 Å². The molecule has 11 unspecified atom stereocenters. The number of hydrogen-bond acceptors (Lipinski definition) is 6. The maximum atomic E-state index is 12.9. The van der Waals surface area contributed by atoms with Crippen LogP contribution < -0.4 is 0 Å². The minimum Gasteiger partial charge on any atom is -0.390 e. The Labute approximate surface area is 217 Å². The van der Waals surface area contributed by atoms with Crippen molar-refractivity contribution in [2.24, 2.45) is 39.9 Å². The molecule has 0 aromatic heterocycles. The summed E-state index contributed by atoms with van der Waals surface area (Å²) in [4.78, 5) is 12.9. The minimum absolute atomic E-state index is 0.0332. The molecule has 0 radical (unpaired) electrons. The summed E-state index contributed by atoms with van der Waals surface area (Å²) in [7, 11) is 0. The third kappa shape index (κ3) is 3.36. The van der Waals surface area contributed by atoms with Crippen LogP contribution >= 0.6 is 0 Å². The SMILES string of the molecule is CC(C)C1(O)CCC2(C)CC(O)(C3CCC4C3(C)CCC3OC(C)(C)C(=O)C(O)C(O)C34C)CCC21. The fourth-order valence-corrected chi connectivity index (χ4v) is 10.7. The van der Waals surface area contributed by atoms with E-state index in [1.165, 1.54) is 0 Å². The van der Waals surface area contributed by atoms with Crippen LogP contribution in [0.15, 0.2) is 0 Å². The van der Waals surface area contributed by atoms with Gasteiger partial charge in [0.25, 0.3) is 0 Å². The molecule has 5 aliphatic rings. The summed E-state index contributed by atoms with van der Waals surface area (Å²) in [5.74, 6) is 0.0734. The molecule has 0 amide bonds. The van der Waals surface area contributed by atoms with Crippen molar-refractivity contribution in [1.29, 1.82) is 0 Å². The van der Waals surface area contributed by atoms with Crippen molar-refractivity contribution in [1.82, 2.24) is 0 Å². The van der Waals surface area contributed by atoms with Crippen molar-refractivity contribution in [3.8, 4) is 0 Å². The highest BCUT2D eigenvalue weighted by Gasteiger charge is 2.70. The molecule has 0 spiro atoms. The quantitative estimate of drug-likeness (QED) is 0.451. The zero-order valence-corrected chi connectivity index (χ0v) is 23.5. The monoisotopic (exact) mass is 506 g/mol. The average Bonchev–Trinajstić information content (AvgIpc) is 3.28. The molecule has 0 bridgehead atoms. The van der Waals surface area contributed by atoms with Gasteiger partial charge in [0.2, 0.25) is 0 Å². The molecule has 36 heavy (non-hydrogen) atoms. The number of Topliss-reactive ketones (excluding diaryl/α,β-unsaturated/α-hetero) is 1. The summed E-state index contributed by atoms with van der Waals surface area (Å²) in [5, 5.41) is 46.3. The zero-order chi connectivity index (χ0) is 26.7. The van der Waals surface area contributed by atoms with E-state index in [-0.39, 0.29) is 40.6 Å². The molecule has 1 saturated heterocycles. The highest BCUT2D eigenvalue weighted by atomic mass is 16.5.